The Balaban J connectivity index is 2.18. The first kappa shape index (κ1) is 10.7. The largest absolute Gasteiger partial charge is 0.464 e. The van der Waals surface area contributed by atoms with Gasteiger partial charge in [-0.1, -0.05) is 18.2 Å². The first-order valence-corrected chi connectivity index (χ1v) is 5.08. The minimum Gasteiger partial charge on any atom is -0.464 e. The highest BCUT2D eigenvalue weighted by atomic mass is 16.3. The SMILES string of the molecule is NC(=O)C[C@@H](O)Cc1coc2ccccc12. The van der Waals surface area contributed by atoms with E-state index in [1.807, 2.05) is 24.3 Å². The standard InChI is InChI=1S/C12H13NO3/c13-12(15)6-9(14)5-8-7-16-11-4-2-1-3-10(8)11/h1-4,7,9,14H,5-6H2,(H2,13,15)/t9-/m0/s1. The molecule has 16 heavy (non-hydrogen) atoms. The topological polar surface area (TPSA) is 76.5 Å². The predicted molar refractivity (Wildman–Crippen MR) is 59.7 cm³/mol. The number of furan rings is 1. The summed E-state index contributed by atoms with van der Waals surface area (Å²) in [6, 6.07) is 7.57. The summed E-state index contributed by atoms with van der Waals surface area (Å²) in [5, 5.41) is 10.6. The Morgan fingerprint density at radius 3 is 2.94 bits per heavy atom. The quantitative estimate of drug-likeness (QED) is 0.811. The van der Waals surface area contributed by atoms with Crippen LogP contribution in [0.15, 0.2) is 34.9 Å². The van der Waals surface area contributed by atoms with Gasteiger partial charge in [-0.05, 0) is 6.07 Å². The van der Waals surface area contributed by atoms with Crippen LogP contribution in [0.1, 0.15) is 12.0 Å². The van der Waals surface area contributed by atoms with Crippen LogP contribution in [0.5, 0.6) is 0 Å². The highest BCUT2D eigenvalue weighted by Gasteiger charge is 2.12. The first-order chi connectivity index (χ1) is 7.66. The zero-order valence-electron chi connectivity index (χ0n) is 8.72. The van der Waals surface area contributed by atoms with E-state index >= 15 is 0 Å². The van der Waals surface area contributed by atoms with Crippen molar-refractivity contribution in [2.75, 3.05) is 0 Å². The lowest BCUT2D eigenvalue weighted by Crippen LogP contribution is -2.21. The van der Waals surface area contributed by atoms with Gasteiger partial charge in [0, 0.05) is 17.4 Å². The number of carbonyl (C=O) groups excluding carboxylic acids is 1. The van der Waals surface area contributed by atoms with Gasteiger partial charge in [0.25, 0.3) is 0 Å². The Labute approximate surface area is 92.7 Å². The van der Waals surface area contributed by atoms with Crippen LogP contribution in [-0.4, -0.2) is 17.1 Å². The Morgan fingerprint density at radius 1 is 1.44 bits per heavy atom. The van der Waals surface area contributed by atoms with Gasteiger partial charge in [0.15, 0.2) is 0 Å². The van der Waals surface area contributed by atoms with Gasteiger partial charge in [0.1, 0.15) is 5.58 Å². The normalized spacial score (nSPS) is 12.8. The zero-order valence-corrected chi connectivity index (χ0v) is 8.72. The number of hydrogen-bond donors (Lipinski definition) is 2. The number of primary amides is 1. The van der Waals surface area contributed by atoms with E-state index in [1.165, 1.54) is 0 Å². The van der Waals surface area contributed by atoms with Gasteiger partial charge in [0.2, 0.25) is 5.91 Å². The van der Waals surface area contributed by atoms with Gasteiger partial charge in [-0.25, -0.2) is 0 Å². The smallest absolute Gasteiger partial charge is 0.220 e. The fraction of sp³-hybridized carbons (Fsp3) is 0.250. The third-order valence-electron chi connectivity index (χ3n) is 2.45. The van der Waals surface area contributed by atoms with Gasteiger partial charge >= 0.3 is 0 Å². The van der Waals surface area contributed by atoms with E-state index in [0.717, 1.165) is 16.5 Å². The van der Waals surface area contributed by atoms with Crippen molar-refractivity contribution in [2.45, 2.75) is 18.9 Å². The second-order valence-corrected chi connectivity index (χ2v) is 3.79. The van der Waals surface area contributed by atoms with Gasteiger partial charge < -0.3 is 15.3 Å². The summed E-state index contributed by atoms with van der Waals surface area (Å²) in [5.41, 5.74) is 6.69. The van der Waals surface area contributed by atoms with E-state index in [2.05, 4.69) is 0 Å². The molecule has 0 saturated carbocycles. The third-order valence-corrected chi connectivity index (χ3v) is 2.45. The minimum absolute atomic E-state index is 0.0283. The number of fused-ring (bicyclic) bond motifs is 1. The second-order valence-electron chi connectivity index (χ2n) is 3.79. The summed E-state index contributed by atoms with van der Waals surface area (Å²) < 4.78 is 5.33. The second kappa shape index (κ2) is 4.37. The van der Waals surface area contributed by atoms with Crippen molar-refractivity contribution < 1.29 is 14.3 Å². The van der Waals surface area contributed by atoms with Crippen LogP contribution >= 0.6 is 0 Å². The number of para-hydroxylation sites is 1. The lowest BCUT2D eigenvalue weighted by molar-refractivity contribution is -0.119. The van der Waals surface area contributed by atoms with Crippen molar-refractivity contribution in [1.82, 2.24) is 0 Å². The van der Waals surface area contributed by atoms with E-state index < -0.39 is 12.0 Å². The first-order valence-electron chi connectivity index (χ1n) is 5.08. The number of amides is 1. The number of aliphatic hydroxyl groups is 1. The third kappa shape index (κ3) is 2.23. The zero-order chi connectivity index (χ0) is 11.5. The molecule has 0 fully saturated rings. The van der Waals surface area contributed by atoms with E-state index in [-0.39, 0.29) is 6.42 Å². The fourth-order valence-corrected chi connectivity index (χ4v) is 1.75. The molecule has 4 heteroatoms. The fourth-order valence-electron chi connectivity index (χ4n) is 1.75. The van der Waals surface area contributed by atoms with E-state index in [0.29, 0.717) is 6.42 Å². The monoisotopic (exact) mass is 219 g/mol. The average Bonchev–Trinajstić information content (AvgIpc) is 2.61. The van der Waals surface area contributed by atoms with Crippen LogP contribution in [0.3, 0.4) is 0 Å². The lowest BCUT2D eigenvalue weighted by Gasteiger charge is -2.06. The van der Waals surface area contributed by atoms with Crippen molar-refractivity contribution in [3.05, 3.63) is 36.1 Å². The molecule has 4 nitrogen and oxygen atoms in total. The van der Waals surface area contributed by atoms with E-state index in [1.54, 1.807) is 6.26 Å². The maximum absolute atomic E-state index is 10.6. The molecular weight excluding hydrogens is 206 g/mol. The van der Waals surface area contributed by atoms with Crippen LogP contribution in [0.25, 0.3) is 11.0 Å². The summed E-state index contributed by atoms with van der Waals surface area (Å²) >= 11 is 0. The predicted octanol–water partition coefficient (Wildman–Crippen LogP) is 1.21. The van der Waals surface area contributed by atoms with E-state index in [9.17, 15) is 9.90 Å². The number of benzene rings is 1. The van der Waals surface area contributed by atoms with Crippen molar-refractivity contribution in [3.8, 4) is 0 Å². The van der Waals surface area contributed by atoms with Crippen LogP contribution in [0.4, 0.5) is 0 Å². The molecule has 0 spiro atoms. The van der Waals surface area contributed by atoms with Crippen molar-refractivity contribution in [2.24, 2.45) is 5.73 Å². The molecule has 0 radical (unpaired) electrons. The molecule has 1 aromatic heterocycles. The van der Waals surface area contributed by atoms with Crippen LogP contribution in [-0.2, 0) is 11.2 Å². The molecule has 1 atom stereocenters. The molecule has 84 valence electrons. The maximum atomic E-state index is 10.6. The highest BCUT2D eigenvalue weighted by Crippen LogP contribution is 2.22. The summed E-state index contributed by atoms with van der Waals surface area (Å²) in [7, 11) is 0. The molecule has 0 unspecified atom stereocenters. The summed E-state index contributed by atoms with van der Waals surface area (Å²) in [4.78, 5) is 10.6. The molecule has 0 aliphatic rings. The van der Waals surface area contributed by atoms with Gasteiger partial charge in [-0.15, -0.1) is 0 Å². The molecule has 2 aromatic rings. The average molecular weight is 219 g/mol. The van der Waals surface area contributed by atoms with Crippen molar-refractivity contribution in [3.63, 3.8) is 0 Å². The van der Waals surface area contributed by atoms with Gasteiger partial charge in [-0.2, -0.15) is 0 Å². The number of nitrogens with two attached hydrogens (primary N) is 1. The summed E-state index contributed by atoms with van der Waals surface area (Å²) in [5.74, 6) is -0.500. The molecule has 0 bridgehead atoms. The molecule has 1 aromatic carbocycles. The Kier molecular flexibility index (Phi) is 2.92. The number of aliphatic hydroxyl groups excluding tert-OH is 1. The Hall–Kier alpha value is -1.81. The maximum Gasteiger partial charge on any atom is 0.220 e. The van der Waals surface area contributed by atoms with Gasteiger partial charge in [-0.3, -0.25) is 4.79 Å². The van der Waals surface area contributed by atoms with E-state index in [4.69, 9.17) is 10.2 Å². The van der Waals surface area contributed by atoms with Crippen LogP contribution in [0.2, 0.25) is 0 Å². The highest BCUT2D eigenvalue weighted by molar-refractivity contribution is 5.81. The number of hydrogen-bond acceptors (Lipinski definition) is 3. The molecule has 3 N–H and O–H groups in total. The molecule has 1 amide bonds. The number of rotatable bonds is 4. The van der Waals surface area contributed by atoms with Crippen molar-refractivity contribution in [1.29, 1.82) is 0 Å². The molecule has 2 rings (SSSR count). The van der Waals surface area contributed by atoms with Gasteiger partial charge in [0.05, 0.1) is 18.8 Å². The van der Waals surface area contributed by atoms with Crippen molar-refractivity contribution >= 4 is 16.9 Å². The Morgan fingerprint density at radius 2 is 2.19 bits per heavy atom. The molecule has 0 saturated heterocycles. The Bertz CT molecular complexity index is 504. The summed E-state index contributed by atoms with van der Waals surface area (Å²) in [6.45, 7) is 0. The van der Waals surface area contributed by atoms with Crippen LogP contribution < -0.4 is 5.73 Å². The molecule has 0 aliphatic carbocycles. The lowest BCUT2D eigenvalue weighted by atomic mass is 10.0. The minimum atomic E-state index is -0.751. The summed E-state index contributed by atoms with van der Waals surface area (Å²) in [6.07, 6.45) is 1.20. The van der Waals surface area contributed by atoms with Crippen LogP contribution in [0, 0.1) is 0 Å². The molecular formula is C12H13NO3. The number of carbonyl (C=O) groups is 1. The molecule has 1 heterocycles. The molecule has 0 aliphatic heterocycles.